The van der Waals surface area contributed by atoms with E-state index < -0.39 is 0 Å². The van der Waals surface area contributed by atoms with E-state index in [1.165, 1.54) is 0 Å². The minimum absolute atomic E-state index is 0.499. The maximum atomic E-state index is 5.71. The third-order valence-corrected chi connectivity index (χ3v) is 2.98. The summed E-state index contributed by atoms with van der Waals surface area (Å²) in [6.07, 6.45) is 1.72. The summed E-state index contributed by atoms with van der Waals surface area (Å²) >= 11 is 3.35. The highest BCUT2D eigenvalue weighted by Gasteiger charge is 2.06. The molecule has 0 N–H and O–H groups in total. The third kappa shape index (κ3) is 2.85. The van der Waals surface area contributed by atoms with Crippen LogP contribution in [0.1, 0.15) is 18.3 Å². The van der Waals surface area contributed by atoms with Crippen molar-refractivity contribution in [2.75, 3.05) is 0 Å². The van der Waals surface area contributed by atoms with Crippen LogP contribution in [0.15, 0.2) is 29.0 Å². The van der Waals surface area contributed by atoms with E-state index in [9.17, 15) is 0 Å². The van der Waals surface area contributed by atoms with Gasteiger partial charge in [0.05, 0.1) is 11.4 Å². The summed E-state index contributed by atoms with van der Waals surface area (Å²) in [5.41, 5.74) is 2.08. The molecule has 0 amide bonds. The van der Waals surface area contributed by atoms with Crippen LogP contribution in [-0.2, 0) is 13.2 Å². The molecule has 5 heteroatoms. The molecule has 0 aliphatic rings. The fourth-order valence-corrected chi connectivity index (χ4v) is 1.98. The Hall–Kier alpha value is -1.36. The number of rotatable bonds is 4. The Kier molecular flexibility index (Phi) is 3.78. The monoisotopic (exact) mass is 295 g/mol. The molecular weight excluding hydrogens is 282 g/mol. The van der Waals surface area contributed by atoms with Crippen molar-refractivity contribution in [1.82, 2.24) is 14.8 Å². The first kappa shape index (κ1) is 12.1. The van der Waals surface area contributed by atoms with Crippen molar-refractivity contribution in [3.63, 3.8) is 0 Å². The lowest BCUT2D eigenvalue weighted by molar-refractivity contribution is 0.289. The van der Waals surface area contributed by atoms with E-state index in [-0.39, 0.29) is 0 Å². The number of nitrogens with zero attached hydrogens (tertiary/aromatic N) is 3. The second kappa shape index (κ2) is 5.31. The summed E-state index contributed by atoms with van der Waals surface area (Å²) in [5.74, 6) is 0.744. The highest BCUT2D eigenvalue weighted by Crippen LogP contribution is 2.22. The summed E-state index contributed by atoms with van der Waals surface area (Å²) in [5, 5.41) is 4.37. The number of ether oxygens (including phenoxy) is 1. The van der Waals surface area contributed by atoms with Crippen LogP contribution in [0.2, 0.25) is 0 Å². The van der Waals surface area contributed by atoms with Gasteiger partial charge in [0, 0.05) is 12.7 Å². The molecule has 2 aromatic rings. The molecule has 0 aliphatic carbocycles. The van der Waals surface area contributed by atoms with Crippen LogP contribution in [0.4, 0.5) is 0 Å². The number of aromatic nitrogens is 3. The minimum Gasteiger partial charge on any atom is -0.484 e. The first-order chi connectivity index (χ1) is 8.20. The summed E-state index contributed by atoms with van der Waals surface area (Å²) in [6.45, 7) is 5.39. The molecule has 0 saturated heterocycles. The number of halogens is 1. The highest BCUT2D eigenvalue weighted by atomic mass is 79.9. The Morgan fingerprint density at radius 3 is 3.00 bits per heavy atom. The van der Waals surface area contributed by atoms with Gasteiger partial charge in [-0.05, 0) is 48.0 Å². The molecule has 90 valence electrons. The lowest BCUT2D eigenvalue weighted by Gasteiger charge is -2.08. The van der Waals surface area contributed by atoms with Gasteiger partial charge in [-0.25, -0.2) is 4.98 Å². The smallest absolute Gasteiger partial charge is 0.152 e. The Morgan fingerprint density at radius 2 is 2.29 bits per heavy atom. The lowest BCUT2D eigenvalue weighted by atomic mass is 10.4. The van der Waals surface area contributed by atoms with Crippen LogP contribution >= 0.6 is 15.9 Å². The zero-order valence-electron chi connectivity index (χ0n) is 9.85. The topological polar surface area (TPSA) is 39.9 Å². The highest BCUT2D eigenvalue weighted by molar-refractivity contribution is 9.10. The van der Waals surface area contributed by atoms with E-state index in [2.05, 4.69) is 32.9 Å². The zero-order valence-corrected chi connectivity index (χ0v) is 11.4. The van der Waals surface area contributed by atoms with Crippen LogP contribution in [-0.4, -0.2) is 14.8 Å². The van der Waals surface area contributed by atoms with Gasteiger partial charge < -0.3 is 4.74 Å². The molecule has 2 aromatic heterocycles. The molecular formula is C12H14BrN3O. The largest absolute Gasteiger partial charge is 0.484 e. The van der Waals surface area contributed by atoms with Crippen LogP contribution in [0, 0.1) is 6.92 Å². The summed E-state index contributed by atoms with van der Waals surface area (Å²) in [4.78, 5) is 4.11. The Balaban J connectivity index is 2.09. The van der Waals surface area contributed by atoms with Crippen LogP contribution in [0.25, 0.3) is 0 Å². The fraction of sp³-hybridized carbons (Fsp3) is 0.333. The predicted molar refractivity (Wildman–Crippen MR) is 68.9 cm³/mol. The van der Waals surface area contributed by atoms with E-state index in [4.69, 9.17) is 4.74 Å². The van der Waals surface area contributed by atoms with E-state index in [1.807, 2.05) is 29.8 Å². The van der Waals surface area contributed by atoms with Crippen molar-refractivity contribution in [2.45, 2.75) is 27.0 Å². The first-order valence-corrected chi connectivity index (χ1v) is 6.26. The van der Waals surface area contributed by atoms with Crippen LogP contribution in [0.3, 0.4) is 0 Å². The molecule has 0 radical (unpaired) electrons. The molecule has 2 rings (SSSR count). The average Bonchev–Trinajstić information content (AvgIpc) is 2.69. The van der Waals surface area contributed by atoms with Crippen molar-refractivity contribution in [3.05, 3.63) is 40.4 Å². The van der Waals surface area contributed by atoms with Crippen molar-refractivity contribution in [3.8, 4) is 5.75 Å². The molecule has 0 spiro atoms. The molecule has 0 fully saturated rings. The lowest BCUT2D eigenvalue weighted by Crippen LogP contribution is -2.06. The average molecular weight is 296 g/mol. The predicted octanol–water partition coefficient (Wildman–Crippen LogP) is 2.95. The van der Waals surface area contributed by atoms with Gasteiger partial charge in [0.2, 0.25) is 0 Å². The van der Waals surface area contributed by atoms with E-state index in [0.717, 1.165) is 28.3 Å². The van der Waals surface area contributed by atoms with Crippen molar-refractivity contribution in [2.24, 2.45) is 0 Å². The maximum absolute atomic E-state index is 5.71. The maximum Gasteiger partial charge on any atom is 0.152 e. The van der Waals surface area contributed by atoms with Gasteiger partial charge >= 0.3 is 0 Å². The Labute approximate surface area is 109 Å². The molecule has 0 bridgehead atoms. The molecule has 0 aromatic carbocycles. The molecule has 0 atom stereocenters. The number of aryl methyl sites for hydroxylation is 2. The van der Waals surface area contributed by atoms with Gasteiger partial charge in [-0.3, -0.25) is 4.68 Å². The van der Waals surface area contributed by atoms with Gasteiger partial charge in [0.25, 0.3) is 0 Å². The third-order valence-electron chi connectivity index (χ3n) is 2.39. The second-order valence-electron chi connectivity index (χ2n) is 3.67. The van der Waals surface area contributed by atoms with E-state index in [0.29, 0.717) is 6.61 Å². The fourth-order valence-electron chi connectivity index (χ4n) is 1.62. The number of hydrogen-bond acceptors (Lipinski definition) is 3. The van der Waals surface area contributed by atoms with Gasteiger partial charge in [-0.15, -0.1) is 0 Å². The van der Waals surface area contributed by atoms with Crippen LogP contribution < -0.4 is 4.74 Å². The Morgan fingerprint density at radius 1 is 1.47 bits per heavy atom. The van der Waals surface area contributed by atoms with Crippen molar-refractivity contribution in [1.29, 1.82) is 0 Å². The van der Waals surface area contributed by atoms with Gasteiger partial charge in [-0.2, -0.15) is 5.10 Å². The number of hydrogen-bond donors (Lipinski definition) is 0. The van der Waals surface area contributed by atoms with E-state index >= 15 is 0 Å². The van der Waals surface area contributed by atoms with Gasteiger partial charge in [0.15, 0.2) is 5.75 Å². The van der Waals surface area contributed by atoms with E-state index in [1.54, 1.807) is 6.20 Å². The molecule has 0 saturated carbocycles. The molecule has 4 nitrogen and oxygen atoms in total. The minimum atomic E-state index is 0.499. The normalized spacial score (nSPS) is 10.5. The summed E-state index contributed by atoms with van der Waals surface area (Å²) in [7, 11) is 0. The zero-order chi connectivity index (χ0) is 12.3. The molecule has 0 unspecified atom stereocenters. The first-order valence-electron chi connectivity index (χ1n) is 5.47. The molecule has 2 heterocycles. The van der Waals surface area contributed by atoms with Gasteiger partial charge in [0.1, 0.15) is 11.2 Å². The summed E-state index contributed by atoms with van der Waals surface area (Å²) in [6, 6.07) is 5.77. The quantitative estimate of drug-likeness (QED) is 0.814. The second-order valence-corrected chi connectivity index (χ2v) is 4.42. The molecule has 17 heavy (non-hydrogen) atoms. The molecule has 0 aliphatic heterocycles. The van der Waals surface area contributed by atoms with Crippen molar-refractivity contribution >= 4 is 15.9 Å². The Bertz CT molecular complexity index is 510. The van der Waals surface area contributed by atoms with Gasteiger partial charge in [-0.1, -0.05) is 0 Å². The number of pyridine rings is 1. The SMILES string of the molecule is CCn1nc(C)cc1COc1cccnc1Br. The van der Waals surface area contributed by atoms with Crippen molar-refractivity contribution < 1.29 is 4.74 Å². The standard InChI is InChI=1S/C12H14BrN3O/c1-3-16-10(7-9(2)15-16)8-17-11-5-4-6-14-12(11)13/h4-7H,3,8H2,1-2H3. The van der Waals surface area contributed by atoms with Crippen LogP contribution in [0.5, 0.6) is 5.75 Å². The summed E-state index contributed by atoms with van der Waals surface area (Å²) < 4.78 is 8.37.